The van der Waals surface area contributed by atoms with Crippen LogP contribution >= 0.6 is 12.2 Å². The number of carbonyl (C=O) groups is 1. The summed E-state index contributed by atoms with van der Waals surface area (Å²) in [4.78, 5) is 22.8. The molecule has 1 aliphatic rings. The van der Waals surface area contributed by atoms with E-state index in [9.17, 15) is 14.9 Å². The molecule has 8 nitrogen and oxygen atoms in total. The van der Waals surface area contributed by atoms with Crippen molar-refractivity contribution < 1.29 is 19.2 Å². The van der Waals surface area contributed by atoms with Crippen molar-refractivity contribution >= 4 is 34.6 Å². The van der Waals surface area contributed by atoms with E-state index >= 15 is 0 Å². The highest BCUT2D eigenvalue weighted by molar-refractivity contribution is 7.80. The first-order valence-electron chi connectivity index (χ1n) is 7.71. The molecule has 0 bridgehead atoms. The molecule has 0 fully saturated rings. The molecule has 0 spiro atoms. The molecule has 0 atom stereocenters. The molecule has 0 aliphatic carbocycles. The van der Waals surface area contributed by atoms with Gasteiger partial charge < -0.3 is 14.8 Å². The van der Waals surface area contributed by atoms with Crippen molar-refractivity contribution in [1.29, 1.82) is 0 Å². The summed E-state index contributed by atoms with van der Waals surface area (Å²) in [6.45, 7) is 2.48. The molecule has 0 unspecified atom stereocenters. The van der Waals surface area contributed by atoms with Crippen molar-refractivity contribution in [2.24, 2.45) is 0 Å². The summed E-state index contributed by atoms with van der Waals surface area (Å²) in [6.07, 6.45) is 0. The first-order chi connectivity index (χ1) is 12.5. The van der Waals surface area contributed by atoms with E-state index in [4.69, 9.17) is 21.7 Å². The molecular formula is C17H15N3O5S. The Morgan fingerprint density at radius 3 is 2.65 bits per heavy atom. The van der Waals surface area contributed by atoms with Gasteiger partial charge in [0.25, 0.3) is 11.6 Å². The second-order valence-electron chi connectivity index (χ2n) is 5.47. The van der Waals surface area contributed by atoms with Crippen molar-refractivity contribution in [2.75, 3.05) is 18.5 Å². The zero-order chi connectivity index (χ0) is 18.7. The molecule has 0 saturated carbocycles. The van der Waals surface area contributed by atoms with Crippen LogP contribution in [0.5, 0.6) is 11.5 Å². The fourth-order valence-corrected chi connectivity index (χ4v) is 2.73. The van der Waals surface area contributed by atoms with Gasteiger partial charge in [0.05, 0.1) is 4.92 Å². The lowest BCUT2D eigenvalue weighted by atomic mass is 10.1. The quantitative estimate of drug-likeness (QED) is 0.484. The number of anilines is 1. The van der Waals surface area contributed by atoms with Crippen LogP contribution < -0.4 is 20.1 Å². The third kappa shape index (κ3) is 3.72. The fraction of sp³-hybridized carbons (Fsp3) is 0.176. The molecule has 9 heteroatoms. The van der Waals surface area contributed by atoms with Gasteiger partial charge in [0.1, 0.15) is 13.2 Å². The van der Waals surface area contributed by atoms with Crippen molar-refractivity contribution in [3.63, 3.8) is 0 Å². The van der Waals surface area contributed by atoms with Crippen LogP contribution in [0.4, 0.5) is 11.4 Å². The van der Waals surface area contributed by atoms with Gasteiger partial charge in [-0.15, -0.1) is 0 Å². The third-order valence-electron chi connectivity index (χ3n) is 3.77. The Balaban J connectivity index is 1.69. The largest absolute Gasteiger partial charge is 0.486 e. The van der Waals surface area contributed by atoms with Crippen molar-refractivity contribution in [1.82, 2.24) is 5.32 Å². The Morgan fingerprint density at radius 2 is 1.92 bits per heavy atom. The van der Waals surface area contributed by atoms with E-state index in [2.05, 4.69) is 10.6 Å². The number of hydrogen-bond donors (Lipinski definition) is 2. The van der Waals surface area contributed by atoms with E-state index in [0.717, 1.165) is 0 Å². The van der Waals surface area contributed by atoms with Crippen molar-refractivity contribution in [3.05, 3.63) is 57.6 Å². The van der Waals surface area contributed by atoms with Crippen LogP contribution in [0.15, 0.2) is 36.4 Å². The molecule has 2 aromatic rings. The minimum atomic E-state index is -0.530. The third-order valence-corrected chi connectivity index (χ3v) is 3.98. The first kappa shape index (κ1) is 17.6. The highest BCUT2D eigenvalue weighted by Crippen LogP contribution is 2.32. The lowest BCUT2D eigenvalue weighted by Crippen LogP contribution is -2.34. The van der Waals surface area contributed by atoms with Crippen molar-refractivity contribution in [2.45, 2.75) is 6.92 Å². The van der Waals surface area contributed by atoms with E-state index in [0.29, 0.717) is 30.4 Å². The van der Waals surface area contributed by atoms with Crippen molar-refractivity contribution in [3.8, 4) is 11.5 Å². The highest BCUT2D eigenvalue weighted by Gasteiger charge is 2.19. The Kier molecular flexibility index (Phi) is 4.99. The first-order valence-corrected chi connectivity index (χ1v) is 8.12. The molecule has 1 heterocycles. The van der Waals surface area contributed by atoms with Crippen LogP contribution in [0, 0.1) is 17.0 Å². The summed E-state index contributed by atoms with van der Waals surface area (Å²) in [5, 5.41) is 16.5. The van der Waals surface area contributed by atoms with Gasteiger partial charge in [-0.25, -0.2) is 0 Å². The Hall–Kier alpha value is -3.20. The van der Waals surface area contributed by atoms with Gasteiger partial charge in [-0.05, 0) is 37.3 Å². The van der Waals surface area contributed by atoms with Gasteiger partial charge in [0.15, 0.2) is 16.6 Å². The lowest BCUT2D eigenvalue weighted by molar-refractivity contribution is -0.385. The smallest absolute Gasteiger partial charge is 0.273 e. The number of nitro groups is 1. The highest BCUT2D eigenvalue weighted by atomic mass is 32.1. The normalized spacial score (nSPS) is 12.2. The Bertz CT molecular complexity index is 900. The number of hydrogen-bond acceptors (Lipinski definition) is 6. The average Bonchev–Trinajstić information content (AvgIpc) is 2.61. The minimum absolute atomic E-state index is 0.0672. The second kappa shape index (κ2) is 7.36. The molecule has 0 radical (unpaired) electrons. The zero-order valence-corrected chi connectivity index (χ0v) is 14.6. The summed E-state index contributed by atoms with van der Waals surface area (Å²) >= 11 is 5.15. The molecule has 3 rings (SSSR count). The monoisotopic (exact) mass is 373 g/mol. The number of amides is 1. The molecule has 2 aromatic carbocycles. The molecular weight excluding hydrogens is 358 g/mol. The fourth-order valence-electron chi connectivity index (χ4n) is 2.52. The maximum Gasteiger partial charge on any atom is 0.273 e. The van der Waals surface area contributed by atoms with E-state index in [1.54, 1.807) is 18.2 Å². The van der Waals surface area contributed by atoms with Gasteiger partial charge in [-0.2, -0.15) is 0 Å². The SMILES string of the molecule is Cc1c(C(=O)NC(=S)Nc2ccc3c(c2)OCCO3)cccc1[N+](=O)[O-]. The number of carbonyl (C=O) groups excluding carboxylic acids is 1. The van der Waals surface area contributed by atoms with E-state index in [1.807, 2.05) is 0 Å². The molecule has 0 aromatic heterocycles. The van der Waals surface area contributed by atoms with E-state index < -0.39 is 10.8 Å². The number of thiocarbonyl (C=S) groups is 1. The summed E-state index contributed by atoms with van der Waals surface area (Å²) in [7, 11) is 0. The van der Waals surface area contributed by atoms with E-state index in [1.165, 1.54) is 25.1 Å². The van der Waals surface area contributed by atoms with Gasteiger partial charge in [-0.1, -0.05) is 6.07 Å². The number of nitrogens with one attached hydrogen (secondary N) is 2. The van der Waals surface area contributed by atoms with Gasteiger partial charge in [0.2, 0.25) is 0 Å². The number of fused-ring (bicyclic) bond motifs is 1. The number of nitro benzene ring substituents is 1. The maximum atomic E-state index is 12.4. The number of rotatable bonds is 3. The number of benzene rings is 2. The Morgan fingerprint density at radius 1 is 1.19 bits per heavy atom. The number of nitrogens with zero attached hydrogens (tertiary/aromatic N) is 1. The van der Waals surface area contributed by atoms with Gasteiger partial charge in [-0.3, -0.25) is 20.2 Å². The predicted octanol–water partition coefficient (Wildman–Crippen LogP) is 2.80. The van der Waals surface area contributed by atoms with Gasteiger partial charge >= 0.3 is 0 Å². The molecule has 2 N–H and O–H groups in total. The summed E-state index contributed by atoms with van der Waals surface area (Å²) in [5.74, 6) is 0.704. The molecule has 26 heavy (non-hydrogen) atoms. The summed E-state index contributed by atoms with van der Waals surface area (Å²) in [6, 6.07) is 9.50. The van der Waals surface area contributed by atoms with Crippen LogP contribution in [0.25, 0.3) is 0 Å². The average molecular weight is 373 g/mol. The van der Waals surface area contributed by atoms with Crippen LogP contribution in [0.3, 0.4) is 0 Å². The van der Waals surface area contributed by atoms with Crippen LogP contribution in [-0.2, 0) is 0 Å². The van der Waals surface area contributed by atoms with Crippen LogP contribution in [-0.4, -0.2) is 29.2 Å². The standard InChI is InChI=1S/C17H15N3O5S/c1-10-12(3-2-4-13(10)20(22)23)16(21)19-17(26)18-11-5-6-14-15(9-11)25-8-7-24-14/h2-6,9H,7-8H2,1H3,(H2,18,19,21,26). The second-order valence-corrected chi connectivity index (χ2v) is 5.88. The summed E-state index contributed by atoms with van der Waals surface area (Å²) in [5.41, 5.74) is 0.960. The minimum Gasteiger partial charge on any atom is -0.486 e. The molecule has 1 aliphatic heterocycles. The number of ether oxygens (including phenoxy) is 2. The predicted molar refractivity (Wildman–Crippen MR) is 99.0 cm³/mol. The zero-order valence-electron chi connectivity index (χ0n) is 13.8. The molecule has 134 valence electrons. The van der Waals surface area contributed by atoms with Crippen LogP contribution in [0.1, 0.15) is 15.9 Å². The van der Waals surface area contributed by atoms with Gasteiger partial charge in [0, 0.05) is 28.9 Å². The Labute approximate surface area is 154 Å². The molecule has 0 saturated heterocycles. The molecule has 1 amide bonds. The van der Waals surface area contributed by atoms with E-state index in [-0.39, 0.29) is 21.9 Å². The van der Waals surface area contributed by atoms with Crippen LogP contribution in [0.2, 0.25) is 0 Å². The lowest BCUT2D eigenvalue weighted by Gasteiger charge is -2.19. The maximum absolute atomic E-state index is 12.4. The topological polar surface area (TPSA) is 103 Å². The summed E-state index contributed by atoms with van der Waals surface area (Å²) < 4.78 is 10.9.